The molecule has 0 aromatic heterocycles. The third-order valence-electron chi connectivity index (χ3n) is 3.52. The largest absolute Gasteiger partial charge is 0.482 e. The van der Waals surface area contributed by atoms with Crippen LogP contribution in [0, 0.1) is 5.92 Å². The van der Waals surface area contributed by atoms with E-state index < -0.39 is 5.97 Å². The summed E-state index contributed by atoms with van der Waals surface area (Å²) in [5.41, 5.74) is 1.20. The minimum atomic E-state index is -0.433. The first-order valence-corrected chi connectivity index (χ1v) is 7.84. The molecule has 1 aromatic rings. The van der Waals surface area contributed by atoms with E-state index in [4.69, 9.17) is 4.74 Å². The van der Waals surface area contributed by atoms with Crippen LogP contribution in [0.25, 0.3) is 0 Å². The molecule has 0 saturated heterocycles. The van der Waals surface area contributed by atoms with Crippen molar-refractivity contribution in [2.45, 2.75) is 26.7 Å². The van der Waals surface area contributed by atoms with E-state index in [0.29, 0.717) is 29.6 Å². The van der Waals surface area contributed by atoms with Crippen LogP contribution < -0.4 is 15.0 Å². The number of nitrogens with zero attached hydrogens (tertiary/aromatic N) is 1. The van der Waals surface area contributed by atoms with Crippen molar-refractivity contribution in [1.82, 2.24) is 0 Å². The molecule has 1 heterocycles. The van der Waals surface area contributed by atoms with Crippen LogP contribution in [-0.4, -0.2) is 38.0 Å². The summed E-state index contributed by atoms with van der Waals surface area (Å²) in [6.07, 6.45) is 0.0588. The van der Waals surface area contributed by atoms with E-state index in [9.17, 15) is 14.4 Å². The molecule has 2 rings (SSSR count). The first kappa shape index (κ1) is 17.8. The minimum absolute atomic E-state index is 0.0184. The van der Waals surface area contributed by atoms with Crippen molar-refractivity contribution in [2.75, 3.05) is 30.5 Å². The number of benzene rings is 1. The van der Waals surface area contributed by atoms with Gasteiger partial charge in [0.25, 0.3) is 5.91 Å². The number of anilines is 2. The van der Waals surface area contributed by atoms with Crippen LogP contribution in [-0.2, 0) is 19.1 Å². The predicted octanol–water partition coefficient (Wildman–Crippen LogP) is 1.96. The third kappa shape index (κ3) is 4.47. The first-order valence-electron chi connectivity index (χ1n) is 7.84. The van der Waals surface area contributed by atoms with Crippen LogP contribution in [0.1, 0.15) is 26.7 Å². The molecule has 0 spiro atoms. The van der Waals surface area contributed by atoms with Gasteiger partial charge in [0.2, 0.25) is 5.91 Å². The lowest BCUT2D eigenvalue weighted by atomic mass is 10.1. The maximum absolute atomic E-state index is 12.1. The van der Waals surface area contributed by atoms with E-state index in [-0.39, 0.29) is 31.3 Å². The average molecular weight is 334 g/mol. The summed E-state index contributed by atoms with van der Waals surface area (Å²) in [5, 5.41) is 2.72. The second-order valence-corrected chi connectivity index (χ2v) is 5.99. The van der Waals surface area contributed by atoms with E-state index in [1.165, 1.54) is 7.11 Å². The van der Waals surface area contributed by atoms with Crippen LogP contribution in [0.4, 0.5) is 11.4 Å². The van der Waals surface area contributed by atoms with Gasteiger partial charge in [0.15, 0.2) is 6.61 Å². The molecule has 1 aliphatic heterocycles. The van der Waals surface area contributed by atoms with E-state index in [0.717, 1.165) is 0 Å². The normalized spacial score (nSPS) is 13.3. The van der Waals surface area contributed by atoms with Gasteiger partial charge in [-0.3, -0.25) is 14.4 Å². The van der Waals surface area contributed by atoms with Crippen molar-refractivity contribution in [3.8, 4) is 5.75 Å². The molecule has 0 unspecified atom stereocenters. The molecule has 7 nitrogen and oxygen atoms in total. The predicted molar refractivity (Wildman–Crippen MR) is 89.0 cm³/mol. The van der Waals surface area contributed by atoms with E-state index in [1.54, 1.807) is 23.1 Å². The fourth-order valence-electron chi connectivity index (χ4n) is 2.39. The number of rotatable bonds is 6. The van der Waals surface area contributed by atoms with Gasteiger partial charge in [-0.15, -0.1) is 0 Å². The molecular weight excluding hydrogens is 312 g/mol. The molecule has 2 amide bonds. The monoisotopic (exact) mass is 334 g/mol. The van der Waals surface area contributed by atoms with E-state index in [2.05, 4.69) is 10.1 Å². The highest BCUT2D eigenvalue weighted by molar-refractivity contribution is 5.99. The highest BCUT2D eigenvalue weighted by atomic mass is 16.5. The van der Waals surface area contributed by atoms with E-state index in [1.807, 2.05) is 13.8 Å². The Hall–Kier alpha value is -2.57. The van der Waals surface area contributed by atoms with Gasteiger partial charge in [0, 0.05) is 18.7 Å². The smallest absolute Gasteiger partial charge is 0.306 e. The van der Waals surface area contributed by atoms with Gasteiger partial charge in [0.1, 0.15) is 5.75 Å². The number of hydrogen-bond acceptors (Lipinski definition) is 5. The van der Waals surface area contributed by atoms with E-state index >= 15 is 0 Å². The molecule has 130 valence electrons. The number of esters is 1. The fourth-order valence-corrected chi connectivity index (χ4v) is 2.39. The van der Waals surface area contributed by atoms with Crippen molar-refractivity contribution in [3.63, 3.8) is 0 Å². The highest BCUT2D eigenvalue weighted by Gasteiger charge is 2.26. The topological polar surface area (TPSA) is 84.9 Å². The van der Waals surface area contributed by atoms with Crippen LogP contribution in [0.5, 0.6) is 5.75 Å². The van der Waals surface area contributed by atoms with Crippen LogP contribution in [0.2, 0.25) is 0 Å². The highest BCUT2D eigenvalue weighted by Crippen LogP contribution is 2.35. The Morgan fingerprint density at radius 2 is 2.08 bits per heavy atom. The SMILES string of the molecule is COC(=O)CCC(=O)Nc1ccc2c(c1)N(CC(C)C)C(=O)CO2. The summed E-state index contributed by atoms with van der Waals surface area (Å²) < 4.78 is 9.94. The van der Waals surface area contributed by atoms with Gasteiger partial charge in [-0.25, -0.2) is 0 Å². The molecule has 1 aliphatic rings. The Morgan fingerprint density at radius 3 is 2.75 bits per heavy atom. The quantitative estimate of drug-likeness (QED) is 0.804. The zero-order chi connectivity index (χ0) is 17.7. The second kappa shape index (κ2) is 7.81. The number of ether oxygens (including phenoxy) is 2. The number of nitrogens with one attached hydrogen (secondary N) is 1. The summed E-state index contributed by atoms with van der Waals surface area (Å²) in [7, 11) is 1.28. The maximum Gasteiger partial charge on any atom is 0.306 e. The van der Waals surface area contributed by atoms with Crippen LogP contribution in [0.15, 0.2) is 18.2 Å². The molecule has 0 fully saturated rings. The Balaban J connectivity index is 2.11. The first-order chi connectivity index (χ1) is 11.4. The number of methoxy groups -OCH3 is 1. The Morgan fingerprint density at radius 1 is 1.33 bits per heavy atom. The summed E-state index contributed by atoms with van der Waals surface area (Å²) >= 11 is 0. The molecule has 0 radical (unpaired) electrons. The van der Waals surface area contributed by atoms with Crippen LogP contribution >= 0.6 is 0 Å². The summed E-state index contributed by atoms with van der Waals surface area (Å²) in [6.45, 7) is 4.65. The minimum Gasteiger partial charge on any atom is -0.482 e. The molecule has 0 saturated carbocycles. The van der Waals surface area contributed by atoms with Gasteiger partial charge in [-0.1, -0.05) is 13.8 Å². The van der Waals surface area contributed by atoms with Crippen molar-refractivity contribution in [3.05, 3.63) is 18.2 Å². The summed E-state index contributed by atoms with van der Waals surface area (Å²) in [4.78, 5) is 36.7. The molecule has 0 bridgehead atoms. The Labute approximate surface area is 140 Å². The van der Waals surface area contributed by atoms with Gasteiger partial charge < -0.3 is 19.7 Å². The number of fused-ring (bicyclic) bond motifs is 1. The Bertz CT molecular complexity index is 642. The van der Waals surface area contributed by atoms with Gasteiger partial charge in [-0.2, -0.15) is 0 Å². The molecule has 24 heavy (non-hydrogen) atoms. The standard InChI is InChI=1S/C17H22N2O5/c1-11(2)9-19-13-8-12(4-5-14(13)24-10-16(19)21)18-15(20)6-7-17(22)23-3/h4-5,8,11H,6-7,9-10H2,1-3H3,(H,18,20). The molecule has 0 atom stereocenters. The second-order valence-electron chi connectivity index (χ2n) is 5.99. The average Bonchev–Trinajstić information content (AvgIpc) is 2.55. The molecule has 1 N–H and O–H groups in total. The lowest BCUT2D eigenvalue weighted by molar-refractivity contribution is -0.141. The van der Waals surface area contributed by atoms with Crippen LogP contribution in [0.3, 0.4) is 0 Å². The Kier molecular flexibility index (Phi) is 5.78. The summed E-state index contributed by atoms with van der Waals surface area (Å²) in [6, 6.07) is 5.15. The number of amides is 2. The number of carbonyl (C=O) groups is 3. The molecule has 0 aliphatic carbocycles. The number of hydrogen-bond donors (Lipinski definition) is 1. The van der Waals surface area contributed by atoms with Crippen molar-refractivity contribution in [2.24, 2.45) is 5.92 Å². The summed E-state index contributed by atoms with van der Waals surface area (Å²) in [5.74, 6) is 0.0860. The fraction of sp³-hybridized carbons (Fsp3) is 0.471. The zero-order valence-electron chi connectivity index (χ0n) is 14.1. The number of carbonyl (C=O) groups excluding carboxylic acids is 3. The van der Waals surface area contributed by atoms with Crippen molar-refractivity contribution < 1.29 is 23.9 Å². The van der Waals surface area contributed by atoms with Gasteiger partial charge in [0.05, 0.1) is 19.2 Å². The maximum atomic E-state index is 12.1. The molecule has 7 heteroatoms. The van der Waals surface area contributed by atoms with Gasteiger partial charge >= 0.3 is 5.97 Å². The van der Waals surface area contributed by atoms with Crippen molar-refractivity contribution >= 4 is 29.2 Å². The third-order valence-corrected chi connectivity index (χ3v) is 3.52. The lowest BCUT2D eigenvalue weighted by Crippen LogP contribution is -2.41. The molecule has 1 aromatic carbocycles. The van der Waals surface area contributed by atoms with Gasteiger partial charge in [-0.05, 0) is 24.1 Å². The zero-order valence-corrected chi connectivity index (χ0v) is 14.1. The molecular formula is C17H22N2O5. The van der Waals surface area contributed by atoms with Crippen molar-refractivity contribution in [1.29, 1.82) is 0 Å². The lowest BCUT2D eigenvalue weighted by Gasteiger charge is -2.31.